The van der Waals surface area contributed by atoms with Gasteiger partial charge in [0.2, 0.25) is 0 Å². The van der Waals surface area contributed by atoms with Gasteiger partial charge in [-0.15, -0.1) is 5.92 Å². The van der Waals surface area contributed by atoms with E-state index in [9.17, 15) is 5.11 Å². The third kappa shape index (κ3) is 6.14. The summed E-state index contributed by atoms with van der Waals surface area (Å²) in [5, 5.41) is 9.67. The molecule has 2 aromatic carbocycles. The van der Waals surface area contributed by atoms with Crippen molar-refractivity contribution < 1.29 is 20.7 Å². The number of benzene rings is 2. The normalized spacial score (nSPS) is 25.5. The van der Waals surface area contributed by atoms with E-state index in [0.717, 1.165) is 11.1 Å². The van der Waals surface area contributed by atoms with Crippen molar-refractivity contribution in [3.8, 4) is 0 Å². The van der Waals surface area contributed by atoms with Gasteiger partial charge >= 0.3 is 45.5 Å². The first-order valence-electron chi connectivity index (χ1n) is 8.68. The van der Waals surface area contributed by atoms with Gasteiger partial charge in [-0.1, -0.05) is 67.6 Å². The van der Waals surface area contributed by atoms with Crippen LogP contribution in [0, 0.1) is 12.5 Å². The molecule has 0 aliphatic carbocycles. The second-order valence-corrected chi connectivity index (χ2v) is 6.37. The molecule has 1 aliphatic heterocycles. The Balaban J connectivity index is 0.00000182. The van der Waals surface area contributed by atoms with Crippen molar-refractivity contribution in [2.24, 2.45) is 5.92 Å². The molecule has 0 amide bonds. The van der Waals surface area contributed by atoms with Crippen LogP contribution >= 0.6 is 0 Å². The summed E-state index contributed by atoms with van der Waals surface area (Å²) in [7, 11) is 0. The summed E-state index contributed by atoms with van der Waals surface area (Å²) < 4.78 is 17.9. The first-order valence-corrected chi connectivity index (χ1v) is 8.68. The van der Waals surface area contributed by atoms with Crippen molar-refractivity contribution in [3.05, 3.63) is 78.4 Å². The van der Waals surface area contributed by atoms with E-state index in [1.165, 1.54) is 0 Å². The van der Waals surface area contributed by atoms with E-state index in [1.54, 1.807) is 6.61 Å². The van der Waals surface area contributed by atoms with E-state index < -0.39 is 6.10 Å². The number of ether oxygens (including phenoxy) is 3. The summed E-state index contributed by atoms with van der Waals surface area (Å²) in [5.74, 6) is 0.0762. The molecule has 2 aromatic rings. The van der Waals surface area contributed by atoms with Gasteiger partial charge in [-0.2, -0.15) is 0 Å². The van der Waals surface area contributed by atoms with Crippen LogP contribution in [0.3, 0.4) is 0 Å². The molecule has 2 unspecified atom stereocenters. The first-order chi connectivity index (χ1) is 12.3. The maximum absolute atomic E-state index is 9.67. The average Bonchev–Trinajstić information content (AvgIpc) is 2.67. The Bertz CT molecular complexity index is 629. The summed E-state index contributed by atoms with van der Waals surface area (Å²) >= 11 is 0. The molecule has 0 aromatic heterocycles. The maximum Gasteiger partial charge on any atom is 2.00 e. The van der Waals surface area contributed by atoms with Gasteiger partial charge in [0.1, 0.15) is 6.10 Å². The molecule has 1 aliphatic rings. The fourth-order valence-corrected chi connectivity index (χ4v) is 3.02. The van der Waals surface area contributed by atoms with Crippen LogP contribution in [0.25, 0.3) is 0 Å². The van der Waals surface area contributed by atoms with E-state index in [0.29, 0.717) is 13.2 Å². The second-order valence-electron chi connectivity index (χ2n) is 6.37. The van der Waals surface area contributed by atoms with Crippen LogP contribution in [0.2, 0.25) is 0 Å². The standard InChI is InChI=1S/C21H25O4.Sr.H/c1-16-13-23-19(12-22)21(25-15-18-10-6-3-7-11-18)20(16)24-14-17-8-4-2-5-9-17;;/h2-11,13,16,19-22H,12,14-15H2,1H3;;/q-1;+2;-1/t16?,19?,20-,21+;;/m0../s1. The Morgan fingerprint density at radius 2 is 1.42 bits per heavy atom. The van der Waals surface area contributed by atoms with Crippen molar-refractivity contribution in [3.63, 3.8) is 0 Å². The molecule has 4 nitrogen and oxygen atoms in total. The molecular weight excluding hydrogens is 404 g/mol. The van der Waals surface area contributed by atoms with Crippen LogP contribution in [-0.2, 0) is 27.4 Å². The van der Waals surface area contributed by atoms with Crippen molar-refractivity contribution >= 4 is 45.5 Å². The third-order valence-corrected chi connectivity index (χ3v) is 4.43. The van der Waals surface area contributed by atoms with Crippen LogP contribution in [-0.4, -0.2) is 75.5 Å². The molecule has 0 bridgehead atoms. The summed E-state index contributed by atoms with van der Waals surface area (Å²) in [6.07, 6.45) is -0.913. The van der Waals surface area contributed by atoms with Crippen LogP contribution in [0.4, 0.5) is 0 Å². The summed E-state index contributed by atoms with van der Waals surface area (Å²) in [6, 6.07) is 20.1. The van der Waals surface area contributed by atoms with Crippen molar-refractivity contribution in [2.45, 2.75) is 38.4 Å². The van der Waals surface area contributed by atoms with Crippen molar-refractivity contribution in [2.75, 3.05) is 6.61 Å². The zero-order valence-corrected chi connectivity index (χ0v) is 18.6. The number of aliphatic hydroxyl groups excluding tert-OH is 1. The van der Waals surface area contributed by atoms with Gasteiger partial charge in [-0.05, 0) is 11.1 Å². The Morgan fingerprint density at radius 1 is 0.923 bits per heavy atom. The fourth-order valence-electron chi connectivity index (χ4n) is 3.02. The van der Waals surface area contributed by atoms with Gasteiger partial charge in [0, 0.05) is 0 Å². The zero-order valence-electron chi connectivity index (χ0n) is 16.2. The molecule has 5 heteroatoms. The van der Waals surface area contributed by atoms with Gasteiger partial charge in [-0.3, -0.25) is 0 Å². The molecule has 3 rings (SSSR count). The molecule has 1 fully saturated rings. The maximum atomic E-state index is 9.67. The Labute approximate surface area is 194 Å². The minimum absolute atomic E-state index is 0. The largest absolute Gasteiger partial charge is 2.00 e. The van der Waals surface area contributed by atoms with Crippen LogP contribution in [0.15, 0.2) is 60.7 Å². The SMILES string of the molecule is CC1[CH-]OC(CO)[C@@H](OCc2ccccc2)[C@H]1OCc1ccccc1.[H-].[Sr+2]. The topological polar surface area (TPSA) is 47.9 Å². The summed E-state index contributed by atoms with van der Waals surface area (Å²) in [6.45, 7) is 4.66. The van der Waals surface area contributed by atoms with E-state index in [1.807, 2.05) is 67.6 Å². The Kier molecular flexibility index (Phi) is 9.81. The van der Waals surface area contributed by atoms with Gasteiger partial charge in [0.05, 0.1) is 32.0 Å². The predicted molar refractivity (Wildman–Crippen MR) is 102 cm³/mol. The van der Waals surface area contributed by atoms with Gasteiger partial charge < -0.3 is 20.7 Å². The molecule has 4 atom stereocenters. The second kappa shape index (κ2) is 11.6. The smallest absolute Gasteiger partial charge is 1.00 e. The zero-order chi connectivity index (χ0) is 17.5. The number of rotatable bonds is 7. The molecule has 0 saturated carbocycles. The molecule has 136 valence electrons. The molecule has 1 N–H and O–H groups in total. The van der Waals surface area contributed by atoms with E-state index >= 15 is 0 Å². The number of hydrogen-bond acceptors (Lipinski definition) is 4. The quantitative estimate of drug-likeness (QED) is 0.542. The molecule has 1 heterocycles. The number of aliphatic hydroxyl groups is 1. The third-order valence-electron chi connectivity index (χ3n) is 4.43. The predicted octanol–water partition coefficient (Wildman–Crippen LogP) is 3.08. The fraction of sp³-hybridized carbons (Fsp3) is 0.381. The molecule has 26 heavy (non-hydrogen) atoms. The summed E-state index contributed by atoms with van der Waals surface area (Å²) in [4.78, 5) is 0. The monoisotopic (exact) mass is 430 g/mol. The van der Waals surface area contributed by atoms with Crippen LogP contribution < -0.4 is 0 Å². The number of hydrogen-bond donors (Lipinski definition) is 1. The first kappa shape index (κ1) is 22.1. The van der Waals surface area contributed by atoms with Crippen LogP contribution in [0.5, 0.6) is 0 Å². The van der Waals surface area contributed by atoms with Crippen LogP contribution in [0.1, 0.15) is 19.5 Å². The van der Waals surface area contributed by atoms with E-state index in [4.69, 9.17) is 14.2 Å². The van der Waals surface area contributed by atoms with E-state index in [2.05, 4.69) is 0 Å². The van der Waals surface area contributed by atoms with Gasteiger partial charge in [0.15, 0.2) is 0 Å². The van der Waals surface area contributed by atoms with Crippen molar-refractivity contribution in [1.82, 2.24) is 0 Å². The molecule has 0 radical (unpaired) electrons. The van der Waals surface area contributed by atoms with E-state index in [-0.39, 0.29) is 71.6 Å². The molecule has 0 spiro atoms. The summed E-state index contributed by atoms with van der Waals surface area (Å²) in [5.41, 5.74) is 2.20. The Hall–Kier alpha value is -0.239. The minimum Gasteiger partial charge on any atom is -1.00 e. The average molecular weight is 430 g/mol. The van der Waals surface area contributed by atoms with Crippen molar-refractivity contribution in [1.29, 1.82) is 0 Å². The van der Waals surface area contributed by atoms with Gasteiger partial charge in [0.25, 0.3) is 0 Å². The molecule has 1 saturated heterocycles. The minimum atomic E-state index is -0.416. The van der Waals surface area contributed by atoms with Gasteiger partial charge in [-0.25, -0.2) is 6.61 Å². The molecular formula is C21H26O4Sr. The Morgan fingerprint density at radius 3 is 1.92 bits per heavy atom.